The van der Waals surface area contributed by atoms with Gasteiger partial charge in [-0.05, 0) is 78.7 Å². The van der Waals surface area contributed by atoms with Crippen LogP contribution in [0, 0.1) is 24.7 Å². The molecular formula is C40H36N5OPt-3. The van der Waals surface area contributed by atoms with Crippen LogP contribution in [0.5, 0.6) is 11.5 Å². The standard InChI is InChI=1S/C40H36N5O.Pt/c1-39(2,3)28-15-20-42-38(21-28)45-34-10-5-4-9-32(34)33-12-11-31(23-36(33)45)46-30-8-6-7-29(22-30)43-26-44(37-25-41-19-16-35(37)43)40-17-13-27(24-40)14-18-40;/h4-12,15-16,19-21,25-27H,13-14,17-18,24H2,1-3H3;/q-3;. The molecule has 2 bridgehead atoms. The summed E-state index contributed by atoms with van der Waals surface area (Å²) in [7, 11) is 0. The van der Waals surface area contributed by atoms with Gasteiger partial charge in [0.15, 0.2) is 0 Å². The average molecular weight is 798 g/mol. The molecule has 6 aromatic rings. The van der Waals surface area contributed by atoms with Gasteiger partial charge in [0, 0.05) is 73.6 Å². The zero-order valence-electron chi connectivity index (χ0n) is 26.8. The van der Waals surface area contributed by atoms with Crippen molar-refractivity contribution in [2.45, 2.75) is 63.8 Å². The molecule has 2 fully saturated rings. The molecule has 0 unspecified atom stereocenters. The molecule has 3 aliphatic rings. The first kappa shape index (κ1) is 30.2. The number of hydrogen-bond donors (Lipinski definition) is 0. The van der Waals surface area contributed by atoms with E-state index in [1.165, 1.54) is 43.4 Å². The molecule has 4 heterocycles. The van der Waals surface area contributed by atoms with E-state index >= 15 is 0 Å². The molecule has 0 radical (unpaired) electrons. The van der Waals surface area contributed by atoms with Crippen LogP contribution in [0.1, 0.15) is 58.4 Å². The molecule has 2 aliphatic carbocycles. The van der Waals surface area contributed by atoms with Crippen molar-refractivity contribution in [3.63, 3.8) is 0 Å². The Balaban J connectivity index is 0.00000324. The fourth-order valence-electron chi connectivity index (χ4n) is 8.01. The molecule has 9 rings (SSSR count). The van der Waals surface area contributed by atoms with Crippen LogP contribution >= 0.6 is 0 Å². The number of rotatable bonds is 5. The fourth-order valence-corrected chi connectivity index (χ4v) is 8.01. The van der Waals surface area contributed by atoms with Gasteiger partial charge in [-0.25, -0.2) is 4.98 Å². The predicted molar refractivity (Wildman–Crippen MR) is 184 cm³/mol. The van der Waals surface area contributed by atoms with E-state index in [0.717, 1.165) is 44.9 Å². The van der Waals surface area contributed by atoms with Gasteiger partial charge in [-0.2, -0.15) is 18.8 Å². The van der Waals surface area contributed by atoms with E-state index in [1.807, 2.05) is 36.8 Å². The monoisotopic (exact) mass is 797 g/mol. The second-order valence-corrected chi connectivity index (χ2v) is 14.2. The number of aromatic nitrogens is 3. The largest absolute Gasteiger partial charge is 0.509 e. The zero-order valence-corrected chi connectivity index (χ0v) is 29.1. The zero-order chi connectivity index (χ0) is 31.0. The molecule has 1 aliphatic heterocycles. The summed E-state index contributed by atoms with van der Waals surface area (Å²) in [5.41, 5.74) is 6.73. The molecule has 0 amide bonds. The molecule has 3 aromatic carbocycles. The third-order valence-corrected chi connectivity index (χ3v) is 10.4. The summed E-state index contributed by atoms with van der Waals surface area (Å²) in [6.07, 6.45) is 12.2. The maximum atomic E-state index is 6.50. The maximum absolute atomic E-state index is 6.50. The Morgan fingerprint density at radius 3 is 2.51 bits per heavy atom. The van der Waals surface area contributed by atoms with E-state index in [4.69, 9.17) is 9.72 Å². The van der Waals surface area contributed by atoms with Crippen molar-refractivity contribution in [1.29, 1.82) is 0 Å². The van der Waals surface area contributed by atoms with Gasteiger partial charge in [0.05, 0.1) is 0 Å². The molecule has 2 saturated carbocycles. The Hall–Kier alpha value is -4.15. The summed E-state index contributed by atoms with van der Waals surface area (Å²) in [5.74, 6) is 3.01. The van der Waals surface area contributed by atoms with Crippen LogP contribution < -0.4 is 14.5 Å². The third-order valence-electron chi connectivity index (χ3n) is 10.4. The van der Waals surface area contributed by atoms with E-state index in [0.29, 0.717) is 11.5 Å². The van der Waals surface area contributed by atoms with Crippen LogP contribution in [0.3, 0.4) is 0 Å². The number of hydrogen-bond acceptors (Lipinski definition) is 5. The SMILES string of the molecule is CC(C)(C)c1ccnc(-n2c3[c-]c(Oc4[c-]c(N5[CH-]N(C67CCC(CC6)C7)c6cnccc65)ccc4)ccc3c3ccccc32)c1.[Pt]. The second kappa shape index (κ2) is 11.2. The van der Waals surface area contributed by atoms with Crippen molar-refractivity contribution in [2.24, 2.45) is 5.92 Å². The van der Waals surface area contributed by atoms with Crippen molar-refractivity contribution in [2.75, 3.05) is 9.80 Å². The van der Waals surface area contributed by atoms with Crippen molar-refractivity contribution in [3.05, 3.63) is 116 Å². The Bertz CT molecular complexity index is 2120. The predicted octanol–water partition coefficient (Wildman–Crippen LogP) is 9.67. The number of benzene rings is 3. The Morgan fingerprint density at radius 1 is 0.872 bits per heavy atom. The first-order valence-electron chi connectivity index (χ1n) is 16.4. The first-order valence-corrected chi connectivity index (χ1v) is 16.4. The smallest absolute Gasteiger partial charge is 0.135 e. The van der Waals surface area contributed by atoms with Gasteiger partial charge < -0.3 is 19.1 Å². The maximum Gasteiger partial charge on any atom is 0.135 e. The van der Waals surface area contributed by atoms with Gasteiger partial charge in [0.2, 0.25) is 0 Å². The van der Waals surface area contributed by atoms with Gasteiger partial charge >= 0.3 is 0 Å². The number of nitrogens with zero attached hydrogens (tertiary/aromatic N) is 5. The van der Waals surface area contributed by atoms with E-state index in [1.54, 1.807) is 0 Å². The van der Waals surface area contributed by atoms with Crippen LogP contribution in [-0.2, 0) is 26.5 Å². The van der Waals surface area contributed by atoms with E-state index < -0.39 is 0 Å². The van der Waals surface area contributed by atoms with Gasteiger partial charge in [-0.1, -0.05) is 44.5 Å². The summed E-state index contributed by atoms with van der Waals surface area (Å²) in [6, 6.07) is 32.2. The first-order chi connectivity index (χ1) is 22.4. The summed E-state index contributed by atoms with van der Waals surface area (Å²) in [5, 5.41) is 2.27. The van der Waals surface area contributed by atoms with Crippen molar-refractivity contribution in [1.82, 2.24) is 14.5 Å². The fraction of sp³-hybridized carbons (Fsp3) is 0.275. The number of pyridine rings is 2. The molecule has 7 heteroatoms. The van der Waals surface area contributed by atoms with Gasteiger partial charge in [-0.15, -0.1) is 41.4 Å². The molecule has 0 atom stereocenters. The van der Waals surface area contributed by atoms with Crippen LogP contribution in [0.4, 0.5) is 17.1 Å². The average Bonchev–Trinajstić information content (AvgIpc) is 3.85. The van der Waals surface area contributed by atoms with Gasteiger partial charge in [0.25, 0.3) is 0 Å². The summed E-state index contributed by atoms with van der Waals surface area (Å²) >= 11 is 0. The van der Waals surface area contributed by atoms with Crippen molar-refractivity contribution < 1.29 is 25.8 Å². The minimum atomic E-state index is 0. The van der Waals surface area contributed by atoms with Crippen LogP contribution in [0.25, 0.3) is 27.6 Å². The second-order valence-electron chi connectivity index (χ2n) is 14.2. The van der Waals surface area contributed by atoms with Crippen molar-refractivity contribution >= 4 is 38.9 Å². The molecule has 0 saturated heterocycles. The molecule has 240 valence electrons. The molecule has 6 nitrogen and oxygen atoms in total. The third kappa shape index (κ3) is 4.95. The van der Waals surface area contributed by atoms with Gasteiger partial charge in [0.1, 0.15) is 5.82 Å². The molecule has 47 heavy (non-hydrogen) atoms. The molecular weight excluding hydrogens is 762 g/mol. The molecule has 0 spiro atoms. The quantitative estimate of drug-likeness (QED) is 0.163. The minimum absolute atomic E-state index is 0. The van der Waals surface area contributed by atoms with Crippen LogP contribution in [0.2, 0.25) is 0 Å². The number of ether oxygens (including phenoxy) is 1. The van der Waals surface area contributed by atoms with E-state index in [2.05, 4.69) is 114 Å². The Morgan fingerprint density at radius 2 is 1.70 bits per heavy atom. The van der Waals surface area contributed by atoms with Crippen LogP contribution in [-0.4, -0.2) is 20.1 Å². The minimum Gasteiger partial charge on any atom is -0.509 e. The van der Waals surface area contributed by atoms with Crippen LogP contribution in [0.15, 0.2) is 91.4 Å². The normalized spacial score (nSPS) is 20.2. The summed E-state index contributed by atoms with van der Waals surface area (Å²) in [6.45, 7) is 8.95. The number of fused-ring (bicyclic) bond motifs is 6. The van der Waals surface area contributed by atoms with Crippen molar-refractivity contribution in [3.8, 4) is 17.3 Å². The van der Waals surface area contributed by atoms with E-state index in [9.17, 15) is 0 Å². The topological polar surface area (TPSA) is 46.4 Å². The summed E-state index contributed by atoms with van der Waals surface area (Å²) in [4.78, 5) is 14.1. The number of para-hydroxylation sites is 1. The molecule has 0 N–H and O–H groups in total. The number of anilines is 3. The Kier molecular flexibility index (Phi) is 7.22. The summed E-state index contributed by atoms with van der Waals surface area (Å²) < 4.78 is 8.70. The van der Waals surface area contributed by atoms with Gasteiger partial charge in [-0.3, -0.25) is 4.98 Å². The Labute approximate surface area is 290 Å². The molecule has 3 aromatic heterocycles. The van der Waals surface area contributed by atoms with E-state index in [-0.39, 0.29) is 32.0 Å².